The number of benzene rings is 1. The van der Waals surface area contributed by atoms with Gasteiger partial charge in [-0.25, -0.2) is 4.79 Å². The van der Waals surface area contributed by atoms with Crippen molar-refractivity contribution in [3.63, 3.8) is 0 Å². The van der Waals surface area contributed by atoms with E-state index >= 15 is 0 Å². The molecule has 0 bridgehead atoms. The van der Waals surface area contributed by atoms with Gasteiger partial charge < -0.3 is 9.15 Å². The largest absolute Gasteiger partial charge is 0.464 e. The van der Waals surface area contributed by atoms with Crippen LogP contribution in [0.25, 0.3) is 10.2 Å². The first-order valence-corrected chi connectivity index (χ1v) is 5.82. The lowest BCUT2D eigenvalue weighted by atomic mass is 10.1. The maximum atomic E-state index is 11.6. The lowest BCUT2D eigenvalue weighted by Gasteiger charge is -2.01. The average Bonchev–Trinajstić information content (AvgIpc) is 2.97. The Labute approximate surface area is 106 Å². The molecule has 0 saturated carbocycles. The number of fused-ring (bicyclic) bond motifs is 1. The SMILES string of the molecule is O=C1O/C(=C(\Br)c2ccco2)c2ccccc21. The van der Waals surface area contributed by atoms with E-state index in [1.54, 1.807) is 24.5 Å². The highest BCUT2D eigenvalue weighted by Gasteiger charge is 2.28. The molecule has 0 saturated heterocycles. The molecule has 1 aliphatic heterocycles. The van der Waals surface area contributed by atoms with E-state index in [2.05, 4.69) is 15.9 Å². The predicted molar refractivity (Wildman–Crippen MR) is 66.3 cm³/mol. The monoisotopic (exact) mass is 290 g/mol. The van der Waals surface area contributed by atoms with Gasteiger partial charge in [0, 0.05) is 5.56 Å². The van der Waals surface area contributed by atoms with Gasteiger partial charge in [-0.05, 0) is 34.1 Å². The van der Waals surface area contributed by atoms with Crippen molar-refractivity contribution in [2.45, 2.75) is 0 Å². The molecule has 0 fully saturated rings. The first-order valence-electron chi connectivity index (χ1n) is 5.02. The smallest absolute Gasteiger partial charge is 0.344 e. The van der Waals surface area contributed by atoms with Crippen LogP contribution in [0.1, 0.15) is 21.7 Å². The first kappa shape index (κ1) is 10.4. The number of esters is 1. The zero-order chi connectivity index (χ0) is 11.8. The van der Waals surface area contributed by atoms with E-state index in [4.69, 9.17) is 9.15 Å². The Bertz CT molecular complexity index is 611. The molecule has 84 valence electrons. The van der Waals surface area contributed by atoms with Gasteiger partial charge in [-0.15, -0.1) is 0 Å². The van der Waals surface area contributed by atoms with Crippen molar-refractivity contribution in [3.8, 4) is 0 Å². The lowest BCUT2D eigenvalue weighted by molar-refractivity contribution is 0.0717. The van der Waals surface area contributed by atoms with E-state index in [0.29, 0.717) is 21.6 Å². The molecule has 0 spiro atoms. The summed E-state index contributed by atoms with van der Waals surface area (Å²) >= 11 is 3.40. The maximum Gasteiger partial charge on any atom is 0.344 e. The van der Waals surface area contributed by atoms with Crippen molar-refractivity contribution in [2.24, 2.45) is 0 Å². The van der Waals surface area contributed by atoms with E-state index in [9.17, 15) is 4.79 Å². The highest BCUT2D eigenvalue weighted by molar-refractivity contribution is 9.15. The van der Waals surface area contributed by atoms with E-state index in [1.807, 2.05) is 18.2 Å². The predicted octanol–water partition coefficient (Wildman–Crippen LogP) is 3.67. The molecule has 0 amide bonds. The number of cyclic esters (lactones) is 1. The van der Waals surface area contributed by atoms with Crippen LogP contribution in [0.3, 0.4) is 0 Å². The zero-order valence-electron chi connectivity index (χ0n) is 8.64. The summed E-state index contributed by atoms with van der Waals surface area (Å²) < 4.78 is 11.2. The molecule has 0 aliphatic carbocycles. The fraction of sp³-hybridized carbons (Fsp3) is 0. The molecule has 1 aliphatic rings. The minimum absolute atomic E-state index is 0.334. The zero-order valence-corrected chi connectivity index (χ0v) is 10.2. The Balaban J connectivity index is 2.19. The lowest BCUT2D eigenvalue weighted by Crippen LogP contribution is -1.92. The van der Waals surface area contributed by atoms with Gasteiger partial charge in [0.05, 0.1) is 11.8 Å². The Kier molecular flexibility index (Phi) is 2.37. The molecule has 1 aromatic heterocycles. The highest BCUT2D eigenvalue weighted by Crippen LogP contribution is 2.38. The van der Waals surface area contributed by atoms with Crippen LogP contribution in [-0.4, -0.2) is 5.97 Å². The second kappa shape index (κ2) is 3.89. The first-order chi connectivity index (χ1) is 8.27. The maximum absolute atomic E-state index is 11.6. The quantitative estimate of drug-likeness (QED) is 0.752. The topological polar surface area (TPSA) is 39.4 Å². The number of hydrogen-bond donors (Lipinski definition) is 0. The summed E-state index contributed by atoms with van der Waals surface area (Å²) in [5.41, 5.74) is 1.35. The molecule has 0 unspecified atom stereocenters. The number of rotatable bonds is 1. The van der Waals surface area contributed by atoms with Crippen molar-refractivity contribution in [2.75, 3.05) is 0 Å². The van der Waals surface area contributed by atoms with Crippen molar-refractivity contribution in [3.05, 3.63) is 59.5 Å². The van der Waals surface area contributed by atoms with Crippen LogP contribution in [0, 0.1) is 0 Å². The van der Waals surface area contributed by atoms with Crippen molar-refractivity contribution >= 4 is 32.1 Å². The Morgan fingerprint density at radius 2 is 1.82 bits per heavy atom. The van der Waals surface area contributed by atoms with E-state index in [-0.39, 0.29) is 5.97 Å². The Hall–Kier alpha value is -1.81. The molecular formula is C13H7BrO3. The van der Waals surface area contributed by atoms with E-state index in [0.717, 1.165) is 5.56 Å². The van der Waals surface area contributed by atoms with Crippen molar-refractivity contribution < 1.29 is 13.9 Å². The fourth-order valence-electron chi connectivity index (χ4n) is 1.74. The van der Waals surface area contributed by atoms with Crippen molar-refractivity contribution in [1.82, 2.24) is 0 Å². The number of furan rings is 1. The van der Waals surface area contributed by atoms with Crippen molar-refractivity contribution in [1.29, 1.82) is 0 Å². The highest BCUT2D eigenvalue weighted by atomic mass is 79.9. The summed E-state index contributed by atoms with van der Waals surface area (Å²) in [5.74, 6) is 0.796. The molecular weight excluding hydrogens is 284 g/mol. The summed E-state index contributed by atoms with van der Waals surface area (Å²) in [6.07, 6.45) is 1.57. The van der Waals surface area contributed by atoms with Crippen LogP contribution in [-0.2, 0) is 4.74 Å². The third-order valence-electron chi connectivity index (χ3n) is 2.52. The van der Waals surface area contributed by atoms with Gasteiger partial charge in [0.25, 0.3) is 0 Å². The standard InChI is InChI=1S/C13H7BrO3/c14-11(10-6-3-7-16-10)12-8-4-1-2-5-9(8)13(15)17-12/h1-7H/b12-11-. The molecule has 3 rings (SSSR count). The van der Waals surface area contributed by atoms with E-state index in [1.165, 1.54) is 0 Å². The molecule has 1 aromatic carbocycles. The molecule has 0 atom stereocenters. The molecule has 0 radical (unpaired) electrons. The second-order valence-corrected chi connectivity index (χ2v) is 4.35. The van der Waals surface area contributed by atoms with Gasteiger partial charge in [-0.1, -0.05) is 18.2 Å². The van der Waals surface area contributed by atoms with Crippen LogP contribution in [0.4, 0.5) is 0 Å². The Morgan fingerprint density at radius 1 is 1.06 bits per heavy atom. The van der Waals surface area contributed by atoms with Crippen LogP contribution in [0.15, 0.2) is 47.1 Å². The van der Waals surface area contributed by atoms with Crippen LogP contribution < -0.4 is 0 Å². The van der Waals surface area contributed by atoms with Gasteiger partial charge >= 0.3 is 5.97 Å². The fourth-order valence-corrected chi connectivity index (χ4v) is 2.26. The number of hydrogen-bond acceptors (Lipinski definition) is 3. The normalized spacial score (nSPS) is 16.6. The van der Waals surface area contributed by atoms with Gasteiger partial charge in [0.2, 0.25) is 0 Å². The molecule has 2 aromatic rings. The van der Waals surface area contributed by atoms with E-state index < -0.39 is 0 Å². The number of ether oxygens (including phenoxy) is 1. The third-order valence-corrected chi connectivity index (χ3v) is 3.27. The molecule has 17 heavy (non-hydrogen) atoms. The summed E-state index contributed by atoms with van der Waals surface area (Å²) in [6.45, 7) is 0. The summed E-state index contributed by atoms with van der Waals surface area (Å²) in [7, 11) is 0. The summed E-state index contributed by atoms with van der Waals surface area (Å²) in [4.78, 5) is 11.6. The molecule has 4 heteroatoms. The summed E-state index contributed by atoms with van der Waals surface area (Å²) in [5, 5.41) is 0. The third kappa shape index (κ3) is 1.61. The molecule has 0 N–H and O–H groups in total. The molecule has 2 heterocycles. The van der Waals surface area contributed by atoms with Gasteiger partial charge in [0.15, 0.2) is 5.76 Å². The van der Waals surface area contributed by atoms with Gasteiger partial charge in [-0.3, -0.25) is 0 Å². The second-order valence-electron chi connectivity index (χ2n) is 3.56. The minimum Gasteiger partial charge on any atom is -0.464 e. The van der Waals surface area contributed by atoms with Crippen LogP contribution in [0.2, 0.25) is 0 Å². The number of halogens is 1. The number of carbonyl (C=O) groups is 1. The van der Waals surface area contributed by atoms with Crippen LogP contribution in [0.5, 0.6) is 0 Å². The van der Waals surface area contributed by atoms with Gasteiger partial charge in [-0.2, -0.15) is 0 Å². The number of carbonyl (C=O) groups excluding carboxylic acids is 1. The van der Waals surface area contributed by atoms with Gasteiger partial charge in [0.1, 0.15) is 10.2 Å². The minimum atomic E-state index is -0.334. The Morgan fingerprint density at radius 3 is 2.53 bits per heavy atom. The molecule has 3 nitrogen and oxygen atoms in total. The average molecular weight is 291 g/mol. The summed E-state index contributed by atoms with van der Waals surface area (Å²) in [6, 6.07) is 10.8. The van der Waals surface area contributed by atoms with Crippen LogP contribution >= 0.6 is 15.9 Å².